The van der Waals surface area contributed by atoms with Gasteiger partial charge in [-0.1, -0.05) is 31.9 Å². The largest absolute Gasteiger partial charge is 0.445 e. The number of benzene rings is 1. The lowest BCUT2D eigenvalue weighted by Crippen LogP contribution is -2.19. The summed E-state index contributed by atoms with van der Waals surface area (Å²) in [6, 6.07) is 5.25. The van der Waals surface area contributed by atoms with Crippen LogP contribution < -0.4 is 0 Å². The number of hydrogen-bond donors (Lipinski definition) is 0. The molecule has 2 aliphatic rings. The maximum Gasteiger partial charge on any atom is 0.445 e. The van der Waals surface area contributed by atoms with Gasteiger partial charge in [0, 0.05) is 4.90 Å². The molecule has 0 N–H and O–H groups in total. The molecule has 1 aliphatic heterocycles. The molecule has 0 amide bonds. The Kier molecular flexibility index (Phi) is 3.81. The molecule has 0 aromatic heterocycles. The van der Waals surface area contributed by atoms with E-state index < -0.39 is 14.7 Å². The van der Waals surface area contributed by atoms with Crippen LogP contribution in [-0.2, 0) is 6.42 Å². The Morgan fingerprint density at radius 2 is 1.90 bits per heavy atom. The van der Waals surface area contributed by atoms with Crippen LogP contribution in [0.4, 0.5) is 13.2 Å². The van der Waals surface area contributed by atoms with Crippen LogP contribution in [0.1, 0.15) is 43.7 Å². The summed E-state index contributed by atoms with van der Waals surface area (Å²) in [4.78, 5) is 0.730. The van der Waals surface area contributed by atoms with E-state index >= 15 is 0 Å². The standard InChI is InChI=1S/C16H18ClF3S/c1-2-11-7-8-14-13(9-11)10-15(12-5-3-4-6-12)21(14,17)16(18,19)20/h7-10,12H,2-6H2,1H3. The van der Waals surface area contributed by atoms with Gasteiger partial charge in [-0.3, -0.25) is 0 Å². The van der Waals surface area contributed by atoms with Crippen molar-refractivity contribution >= 4 is 26.0 Å². The van der Waals surface area contributed by atoms with Crippen molar-refractivity contribution in [2.75, 3.05) is 0 Å². The predicted molar refractivity (Wildman–Crippen MR) is 83.5 cm³/mol. The molecule has 5 heteroatoms. The van der Waals surface area contributed by atoms with Crippen LogP contribution in [0.25, 0.3) is 6.08 Å². The Bertz CT molecular complexity index is 588. The first-order valence-electron chi connectivity index (χ1n) is 7.31. The van der Waals surface area contributed by atoms with E-state index in [1.54, 1.807) is 18.2 Å². The summed E-state index contributed by atoms with van der Waals surface area (Å²) < 4.78 is 41.3. The molecule has 1 aromatic rings. The van der Waals surface area contributed by atoms with E-state index in [1.807, 2.05) is 13.0 Å². The van der Waals surface area contributed by atoms with Crippen LogP contribution in [0, 0.1) is 5.92 Å². The highest BCUT2D eigenvalue weighted by atomic mass is 35.7. The molecule has 1 fully saturated rings. The number of halogens is 4. The van der Waals surface area contributed by atoms with E-state index in [-0.39, 0.29) is 10.8 Å². The third kappa shape index (κ3) is 2.31. The molecule has 1 aliphatic carbocycles. The van der Waals surface area contributed by atoms with Gasteiger partial charge in [-0.2, -0.15) is 13.2 Å². The smallest absolute Gasteiger partial charge is 0.160 e. The van der Waals surface area contributed by atoms with Crippen LogP contribution in [-0.4, -0.2) is 5.51 Å². The molecular weight excluding hydrogens is 317 g/mol. The van der Waals surface area contributed by atoms with Gasteiger partial charge in [-0.15, -0.1) is 0 Å². The van der Waals surface area contributed by atoms with Crippen molar-refractivity contribution in [3.8, 4) is 0 Å². The fourth-order valence-corrected chi connectivity index (χ4v) is 6.75. The van der Waals surface area contributed by atoms with Gasteiger partial charge in [0.2, 0.25) is 0 Å². The summed E-state index contributed by atoms with van der Waals surface area (Å²) in [7, 11) is 2.91. The summed E-state index contributed by atoms with van der Waals surface area (Å²) in [5.74, 6) is -0.00315. The second-order valence-corrected chi connectivity index (χ2v) is 9.58. The minimum Gasteiger partial charge on any atom is -0.160 e. The van der Waals surface area contributed by atoms with Crippen molar-refractivity contribution < 1.29 is 13.2 Å². The molecule has 0 saturated heterocycles. The van der Waals surface area contributed by atoms with Crippen molar-refractivity contribution in [2.24, 2.45) is 5.92 Å². The minimum absolute atomic E-state index is 0.00315. The van der Waals surface area contributed by atoms with Gasteiger partial charge < -0.3 is 0 Å². The number of alkyl halides is 3. The van der Waals surface area contributed by atoms with Crippen LogP contribution in [0.15, 0.2) is 28.0 Å². The van der Waals surface area contributed by atoms with Crippen LogP contribution in [0.2, 0.25) is 0 Å². The van der Waals surface area contributed by atoms with E-state index in [2.05, 4.69) is 0 Å². The first kappa shape index (κ1) is 15.3. The Morgan fingerprint density at radius 3 is 2.48 bits per heavy atom. The summed E-state index contributed by atoms with van der Waals surface area (Å²) in [5.41, 5.74) is -2.65. The first-order valence-corrected chi connectivity index (χ1v) is 9.77. The average Bonchev–Trinajstić information content (AvgIpc) is 3.04. The van der Waals surface area contributed by atoms with Gasteiger partial charge in [-0.25, -0.2) is 0 Å². The predicted octanol–water partition coefficient (Wildman–Crippen LogP) is 6.63. The normalized spacial score (nSPS) is 29.1. The summed E-state index contributed by atoms with van der Waals surface area (Å²) in [5, 5.41) is 0. The molecule has 1 saturated carbocycles. The molecule has 1 heterocycles. The van der Waals surface area contributed by atoms with E-state index in [1.165, 1.54) is 0 Å². The zero-order valence-electron chi connectivity index (χ0n) is 11.8. The highest BCUT2D eigenvalue weighted by Crippen LogP contribution is 2.81. The van der Waals surface area contributed by atoms with Gasteiger partial charge in [0.25, 0.3) is 0 Å². The van der Waals surface area contributed by atoms with E-state index in [4.69, 9.17) is 10.7 Å². The van der Waals surface area contributed by atoms with Crippen molar-refractivity contribution in [3.05, 3.63) is 34.2 Å². The average molecular weight is 335 g/mol. The first-order chi connectivity index (χ1) is 9.88. The summed E-state index contributed by atoms with van der Waals surface area (Å²) in [6.07, 6.45) is 6.22. The monoisotopic (exact) mass is 334 g/mol. The van der Waals surface area contributed by atoms with Crippen molar-refractivity contribution in [2.45, 2.75) is 49.4 Å². The van der Waals surface area contributed by atoms with Gasteiger partial charge in [0.15, 0.2) is 0 Å². The molecule has 1 unspecified atom stereocenters. The number of aryl methyl sites for hydroxylation is 1. The maximum absolute atomic E-state index is 13.8. The molecule has 21 heavy (non-hydrogen) atoms. The molecule has 1 atom stereocenters. The van der Waals surface area contributed by atoms with Gasteiger partial charge >= 0.3 is 5.51 Å². The topological polar surface area (TPSA) is 0 Å². The Balaban J connectivity index is 2.14. The summed E-state index contributed by atoms with van der Waals surface area (Å²) in [6.45, 7) is 2.00. The third-order valence-electron chi connectivity index (χ3n) is 4.48. The fourth-order valence-electron chi connectivity index (χ4n) is 3.36. The van der Waals surface area contributed by atoms with Gasteiger partial charge in [0.1, 0.15) is 0 Å². The molecule has 0 bridgehead atoms. The number of rotatable bonds is 2. The van der Waals surface area contributed by atoms with Gasteiger partial charge in [0.05, 0.1) is 0 Å². The van der Waals surface area contributed by atoms with Crippen LogP contribution >= 0.6 is 19.9 Å². The van der Waals surface area contributed by atoms with Crippen LogP contribution in [0.5, 0.6) is 0 Å². The quantitative estimate of drug-likeness (QED) is 0.569. The van der Waals surface area contributed by atoms with E-state index in [0.29, 0.717) is 10.5 Å². The molecule has 0 nitrogen and oxygen atoms in total. The summed E-state index contributed by atoms with van der Waals surface area (Å²) >= 11 is 0. The molecule has 0 radical (unpaired) electrons. The Labute approximate surface area is 129 Å². The number of hydrogen-bond acceptors (Lipinski definition) is 0. The lowest BCUT2D eigenvalue weighted by Gasteiger charge is -2.36. The number of allylic oxidation sites excluding steroid dienone is 1. The highest BCUT2D eigenvalue weighted by molar-refractivity contribution is 8.54. The second-order valence-electron chi connectivity index (χ2n) is 5.74. The minimum atomic E-state index is -4.39. The van der Waals surface area contributed by atoms with Crippen LogP contribution in [0.3, 0.4) is 0 Å². The van der Waals surface area contributed by atoms with E-state index in [0.717, 1.165) is 37.7 Å². The second kappa shape index (κ2) is 5.24. The number of fused-ring (bicyclic) bond motifs is 1. The lowest BCUT2D eigenvalue weighted by molar-refractivity contribution is -0.0360. The molecular formula is C16H18ClF3S. The Morgan fingerprint density at radius 1 is 1.24 bits per heavy atom. The van der Waals surface area contributed by atoms with Crippen molar-refractivity contribution in [1.82, 2.24) is 0 Å². The van der Waals surface area contributed by atoms with Crippen molar-refractivity contribution in [1.29, 1.82) is 0 Å². The molecule has 1 aromatic carbocycles. The molecule has 3 rings (SSSR count). The van der Waals surface area contributed by atoms with E-state index in [9.17, 15) is 13.2 Å². The zero-order valence-corrected chi connectivity index (χ0v) is 13.4. The maximum atomic E-state index is 13.8. The molecule has 0 spiro atoms. The van der Waals surface area contributed by atoms with Gasteiger partial charge in [-0.05, 0) is 73.3 Å². The third-order valence-corrected chi connectivity index (χ3v) is 8.76. The fraction of sp³-hybridized carbons (Fsp3) is 0.500. The molecule has 116 valence electrons. The van der Waals surface area contributed by atoms with Crippen molar-refractivity contribution in [3.63, 3.8) is 0 Å². The lowest BCUT2D eigenvalue weighted by atomic mass is 10.0. The SMILES string of the molecule is CCc1ccc2c(c1)C=C(C1CCCC1)S2(Cl)C(F)(F)F. The Hall–Kier alpha value is -0.610. The zero-order chi connectivity index (χ0) is 15.3. The highest BCUT2D eigenvalue weighted by Gasteiger charge is 2.57.